The molecule has 7 heteroatoms. The van der Waals surface area contributed by atoms with Crippen LogP contribution in [0.4, 0.5) is 8.78 Å². The summed E-state index contributed by atoms with van der Waals surface area (Å²) in [4.78, 5) is 31.2. The zero-order valence-corrected chi connectivity index (χ0v) is 18.7. The molecule has 0 radical (unpaired) electrons. The average Bonchev–Trinajstić information content (AvgIpc) is 3.48. The molecule has 2 aromatic carbocycles. The van der Waals surface area contributed by atoms with Crippen LogP contribution >= 0.6 is 0 Å². The Hall–Kier alpha value is -2.80. The molecule has 5 nitrogen and oxygen atoms in total. The highest BCUT2D eigenvalue weighted by atomic mass is 19.1. The maximum absolute atomic E-state index is 13.8. The van der Waals surface area contributed by atoms with Crippen LogP contribution in [-0.4, -0.2) is 23.5 Å². The predicted molar refractivity (Wildman–Crippen MR) is 118 cm³/mol. The van der Waals surface area contributed by atoms with E-state index in [1.54, 1.807) is 0 Å². The van der Waals surface area contributed by atoms with Gasteiger partial charge in [0.25, 0.3) is 5.91 Å². The van der Waals surface area contributed by atoms with Crippen LogP contribution in [0.3, 0.4) is 0 Å². The normalized spacial score (nSPS) is 28.5. The number of carbonyl (C=O) groups excluding carboxylic acids is 2. The summed E-state index contributed by atoms with van der Waals surface area (Å²) in [6.07, 6.45) is 5.44. The van der Waals surface area contributed by atoms with E-state index in [9.17, 15) is 18.4 Å². The third kappa shape index (κ3) is 3.82. The third-order valence-corrected chi connectivity index (χ3v) is 7.96. The van der Waals surface area contributed by atoms with Crippen LogP contribution in [0.2, 0.25) is 0 Å². The molecule has 1 atom stereocenters. The molecule has 2 bridgehead atoms. The van der Waals surface area contributed by atoms with Gasteiger partial charge in [-0.05, 0) is 85.8 Å². The fraction of sp³-hybridized carbons (Fsp3) is 0.462. The first-order chi connectivity index (χ1) is 15.7. The minimum Gasteiger partial charge on any atom is -0.366 e. The number of fused-ring (bicyclic) bond motifs is 2. The summed E-state index contributed by atoms with van der Waals surface area (Å²) in [6, 6.07) is 8.75. The van der Waals surface area contributed by atoms with E-state index in [0.717, 1.165) is 55.7 Å². The quantitative estimate of drug-likeness (QED) is 0.707. The molecule has 5 rings (SSSR count). The number of benzene rings is 2. The Morgan fingerprint density at radius 2 is 1.79 bits per heavy atom. The van der Waals surface area contributed by atoms with Crippen molar-refractivity contribution in [3.8, 4) is 0 Å². The summed E-state index contributed by atoms with van der Waals surface area (Å²) < 4.78 is 27.6. The molecule has 2 aromatic rings. The van der Waals surface area contributed by atoms with Gasteiger partial charge < -0.3 is 5.73 Å². The Morgan fingerprint density at radius 1 is 1.09 bits per heavy atom. The van der Waals surface area contributed by atoms with E-state index in [1.165, 1.54) is 17.2 Å². The highest BCUT2D eigenvalue weighted by Crippen LogP contribution is 2.63. The van der Waals surface area contributed by atoms with Crippen molar-refractivity contribution in [2.75, 3.05) is 6.61 Å². The van der Waals surface area contributed by atoms with Crippen molar-refractivity contribution >= 4 is 11.8 Å². The molecule has 1 aliphatic heterocycles. The maximum Gasteiger partial charge on any atom is 0.252 e. The smallest absolute Gasteiger partial charge is 0.252 e. The lowest BCUT2D eigenvalue weighted by molar-refractivity contribution is -0.188. The lowest BCUT2D eigenvalue weighted by Gasteiger charge is -2.32. The van der Waals surface area contributed by atoms with Gasteiger partial charge in [0.05, 0.1) is 18.1 Å². The van der Waals surface area contributed by atoms with Crippen molar-refractivity contribution < 1.29 is 23.2 Å². The monoisotopic (exact) mass is 454 g/mol. The van der Waals surface area contributed by atoms with Crippen LogP contribution in [0.5, 0.6) is 0 Å². The van der Waals surface area contributed by atoms with Gasteiger partial charge in [-0.2, -0.15) is 0 Å². The van der Waals surface area contributed by atoms with E-state index < -0.39 is 29.0 Å². The van der Waals surface area contributed by atoms with Gasteiger partial charge in [-0.15, -0.1) is 0 Å². The number of primary amides is 1. The van der Waals surface area contributed by atoms with Crippen LogP contribution in [0, 0.1) is 29.4 Å². The number of hydrogen-bond donors (Lipinski definition) is 1. The van der Waals surface area contributed by atoms with Crippen LogP contribution in [-0.2, 0) is 16.1 Å². The van der Waals surface area contributed by atoms with Gasteiger partial charge in [0, 0.05) is 18.1 Å². The minimum absolute atomic E-state index is 0.0000183. The second-order valence-electron chi connectivity index (χ2n) is 10.1. The van der Waals surface area contributed by atoms with Crippen molar-refractivity contribution in [2.24, 2.45) is 16.6 Å². The largest absolute Gasteiger partial charge is 0.366 e. The molecule has 0 spiro atoms. The van der Waals surface area contributed by atoms with Gasteiger partial charge in [0.1, 0.15) is 11.6 Å². The highest BCUT2D eigenvalue weighted by molar-refractivity contribution is 5.94. The number of nitrogens with zero attached hydrogens (tertiary/aromatic N) is 1. The molecule has 33 heavy (non-hydrogen) atoms. The lowest BCUT2D eigenvalue weighted by atomic mass is 9.78. The van der Waals surface area contributed by atoms with Crippen molar-refractivity contribution in [3.63, 3.8) is 0 Å². The summed E-state index contributed by atoms with van der Waals surface area (Å²) in [5, 5.41) is 1.38. The highest BCUT2D eigenvalue weighted by Gasteiger charge is 2.59. The van der Waals surface area contributed by atoms with E-state index in [-0.39, 0.29) is 11.3 Å². The topological polar surface area (TPSA) is 72.6 Å². The fourth-order valence-electron chi connectivity index (χ4n) is 6.31. The summed E-state index contributed by atoms with van der Waals surface area (Å²) >= 11 is 0. The van der Waals surface area contributed by atoms with Crippen LogP contribution in [0.1, 0.15) is 71.6 Å². The molecular weight excluding hydrogens is 426 g/mol. The van der Waals surface area contributed by atoms with Gasteiger partial charge in [0.15, 0.2) is 0 Å². The number of hydroxylamine groups is 2. The van der Waals surface area contributed by atoms with Gasteiger partial charge >= 0.3 is 0 Å². The summed E-state index contributed by atoms with van der Waals surface area (Å²) in [7, 11) is 0. The Bertz CT molecular complexity index is 1100. The van der Waals surface area contributed by atoms with E-state index in [2.05, 4.69) is 0 Å². The number of nitrogens with two attached hydrogens (primary N) is 1. The molecule has 0 unspecified atom stereocenters. The van der Waals surface area contributed by atoms with Crippen molar-refractivity contribution in [1.82, 2.24) is 5.06 Å². The Kier molecular flexibility index (Phi) is 5.27. The van der Waals surface area contributed by atoms with Crippen LogP contribution < -0.4 is 5.73 Å². The van der Waals surface area contributed by atoms with Gasteiger partial charge in [-0.3, -0.25) is 14.4 Å². The number of halogens is 2. The zero-order valence-electron chi connectivity index (χ0n) is 18.7. The van der Waals surface area contributed by atoms with Crippen molar-refractivity contribution in [1.29, 1.82) is 0 Å². The molecule has 1 heterocycles. The van der Waals surface area contributed by atoms with E-state index in [0.29, 0.717) is 24.2 Å². The lowest BCUT2D eigenvalue weighted by Crippen LogP contribution is -2.41. The second-order valence-corrected chi connectivity index (χ2v) is 10.1. The molecular formula is C26H28F2N2O3. The maximum atomic E-state index is 13.8. The average molecular weight is 455 g/mol. The summed E-state index contributed by atoms with van der Waals surface area (Å²) in [5.74, 6) is -1.82. The molecule has 3 fully saturated rings. The molecule has 0 aromatic heterocycles. The SMILES string of the molecule is Cc1ccc(CC23CCC(C(=O)N4OCC[C@H]4c4cc(F)cc(F)c4)(CC2)C3)cc1C(N)=O. The zero-order chi connectivity index (χ0) is 23.4. The first-order valence-corrected chi connectivity index (χ1v) is 11.5. The molecule has 2 amide bonds. The van der Waals surface area contributed by atoms with Crippen molar-refractivity contribution in [2.45, 2.75) is 57.9 Å². The van der Waals surface area contributed by atoms with Gasteiger partial charge in [-0.1, -0.05) is 12.1 Å². The summed E-state index contributed by atoms with van der Waals surface area (Å²) in [6.45, 7) is 2.21. The third-order valence-electron chi connectivity index (χ3n) is 7.96. The second kappa shape index (κ2) is 7.90. The van der Waals surface area contributed by atoms with Gasteiger partial charge in [0.2, 0.25) is 5.91 Å². The predicted octanol–water partition coefficient (Wildman–Crippen LogP) is 4.77. The molecule has 2 saturated carbocycles. The van der Waals surface area contributed by atoms with Crippen LogP contribution in [0.15, 0.2) is 36.4 Å². The molecule has 2 aliphatic carbocycles. The molecule has 2 N–H and O–H groups in total. The van der Waals surface area contributed by atoms with E-state index in [1.807, 2.05) is 25.1 Å². The van der Waals surface area contributed by atoms with E-state index >= 15 is 0 Å². The standard InChI is InChI=1S/C26H28F2N2O3/c1-16-2-3-17(10-21(16)23(29)31)14-25-5-7-26(15-25,8-6-25)24(32)30-22(4-9-33-30)18-11-19(27)13-20(28)12-18/h2-3,10-13,22H,4-9,14-15H2,1H3,(H2,29,31)/t22-,25?,26?/m0/s1. The summed E-state index contributed by atoms with van der Waals surface area (Å²) in [5.41, 5.74) is 7.90. The number of hydrogen-bond acceptors (Lipinski definition) is 3. The van der Waals surface area contributed by atoms with Crippen molar-refractivity contribution in [3.05, 3.63) is 70.3 Å². The Morgan fingerprint density at radius 3 is 2.45 bits per heavy atom. The van der Waals surface area contributed by atoms with E-state index in [4.69, 9.17) is 10.6 Å². The first-order valence-electron chi connectivity index (χ1n) is 11.5. The number of aryl methyl sites for hydroxylation is 1. The number of amides is 2. The van der Waals surface area contributed by atoms with Gasteiger partial charge in [-0.25, -0.2) is 13.8 Å². The number of rotatable bonds is 5. The minimum atomic E-state index is -0.656. The molecule has 3 aliphatic rings. The molecule has 174 valence electrons. The number of carbonyl (C=O) groups is 2. The fourth-order valence-corrected chi connectivity index (χ4v) is 6.31. The first kappa shape index (κ1) is 22.0. The van der Waals surface area contributed by atoms with Crippen LogP contribution in [0.25, 0.3) is 0 Å². The Labute approximate surface area is 191 Å². The Balaban J connectivity index is 1.36. The molecule has 1 saturated heterocycles.